The molecule has 1 aromatic heterocycles. The van der Waals surface area contributed by atoms with Crippen LogP contribution in [-0.4, -0.2) is 29.3 Å². The van der Waals surface area contributed by atoms with E-state index in [1.807, 2.05) is 31.9 Å². The summed E-state index contributed by atoms with van der Waals surface area (Å²) in [4.78, 5) is 5.86. The van der Waals surface area contributed by atoms with Crippen LogP contribution < -0.4 is 4.90 Å². The normalized spacial score (nSPS) is 11.5. The van der Waals surface area contributed by atoms with E-state index in [2.05, 4.69) is 4.98 Å². The van der Waals surface area contributed by atoms with Crippen molar-refractivity contribution in [2.45, 2.75) is 19.4 Å². The minimum Gasteiger partial charge on any atom is -0.394 e. The number of aliphatic hydroxyl groups is 1. The monoisotopic (exact) mass is 214 g/mol. The average molecular weight is 215 g/mol. The van der Waals surface area contributed by atoms with Gasteiger partial charge in [0.25, 0.3) is 0 Å². The fourth-order valence-corrected chi connectivity index (χ4v) is 1.32. The Hall–Kier alpha value is -0.800. The van der Waals surface area contributed by atoms with Crippen LogP contribution in [0.25, 0.3) is 0 Å². The molecular weight excluding hydrogens is 200 g/mol. The Bertz CT molecular complexity index is 315. The summed E-state index contributed by atoms with van der Waals surface area (Å²) in [5.74, 6) is 0. The lowest BCUT2D eigenvalue weighted by molar-refractivity contribution is 0.216. The number of halogens is 1. The Balaban J connectivity index is 3.00. The number of aromatic nitrogens is 1. The van der Waals surface area contributed by atoms with E-state index in [9.17, 15) is 5.11 Å². The predicted molar refractivity (Wildman–Crippen MR) is 58.8 cm³/mol. The third kappa shape index (κ3) is 2.16. The number of aliphatic hydroxyl groups excluding tert-OH is 1. The molecule has 0 fully saturated rings. The van der Waals surface area contributed by atoms with E-state index < -0.39 is 0 Å². The van der Waals surface area contributed by atoms with E-state index >= 15 is 0 Å². The number of hydrogen-bond acceptors (Lipinski definition) is 3. The fourth-order valence-electron chi connectivity index (χ4n) is 1.07. The predicted octanol–water partition coefficient (Wildman–Crippen LogP) is 1.94. The Kier molecular flexibility index (Phi) is 3.34. The third-order valence-electron chi connectivity index (χ3n) is 2.41. The Morgan fingerprint density at radius 1 is 1.57 bits per heavy atom. The zero-order chi connectivity index (χ0) is 10.8. The van der Waals surface area contributed by atoms with Crippen LogP contribution in [-0.2, 0) is 0 Å². The standard InChI is InChI=1S/C10H15ClN2O/c1-10(2,7-14)13(3)9-4-5-12-6-8(9)11/h4-6,14H,7H2,1-3H3. The molecule has 0 radical (unpaired) electrons. The summed E-state index contributed by atoms with van der Waals surface area (Å²) in [6.07, 6.45) is 3.28. The second kappa shape index (κ2) is 4.15. The van der Waals surface area contributed by atoms with Crippen molar-refractivity contribution in [1.29, 1.82) is 0 Å². The summed E-state index contributed by atoms with van der Waals surface area (Å²) in [6.45, 7) is 3.97. The van der Waals surface area contributed by atoms with Gasteiger partial charge < -0.3 is 10.0 Å². The van der Waals surface area contributed by atoms with Gasteiger partial charge in [-0.15, -0.1) is 0 Å². The van der Waals surface area contributed by atoms with Crippen molar-refractivity contribution in [1.82, 2.24) is 4.98 Å². The summed E-state index contributed by atoms with van der Waals surface area (Å²) >= 11 is 6.00. The van der Waals surface area contributed by atoms with Crippen molar-refractivity contribution < 1.29 is 5.11 Å². The highest BCUT2D eigenvalue weighted by atomic mass is 35.5. The topological polar surface area (TPSA) is 36.4 Å². The molecular formula is C10H15ClN2O. The SMILES string of the molecule is CN(c1ccncc1Cl)C(C)(C)CO. The molecule has 3 nitrogen and oxygen atoms in total. The molecule has 0 saturated carbocycles. The molecule has 0 bridgehead atoms. The Labute approximate surface area is 89.3 Å². The first-order valence-corrected chi connectivity index (χ1v) is 4.81. The van der Waals surface area contributed by atoms with Gasteiger partial charge in [-0.2, -0.15) is 0 Å². The van der Waals surface area contributed by atoms with Crippen LogP contribution in [0.5, 0.6) is 0 Å². The molecule has 1 heterocycles. The molecule has 0 unspecified atom stereocenters. The number of anilines is 1. The fraction of sp³-hybridized carbons (Fsp3) is 0.500. The average Bonchev–Trinajstić information content (AvgIpc) is 2.17. The zero-order valence-corrected chi connectivity index (χ0v) is 9.41. The smallest absolute Gasteiger partial charge is 0.0822 e. The molecule has 0 aromatic carbocycles. The first kappa shape index (κ1) is 11.3. The van der Waals surface area contributed by atoms with Crippen LogP contribution in [0.4, 0.5) is 5.69 Å². The van der Waals surface area contributed by atoms with Gasteiger partial charge in [0.1, 0.15) is 0 Å². The maximum absolute atomic E-state index is 9.22. The van der Waals surface area contributed by atoms with E-state index in [-0.39, 0.29) is 12.1 Å². The van der Waals surface area contributed by atoms with E-state index in [0.717, 1.165) is 5.69 Å². The molecule has 1 N–H and O–H groups in total. The molecule has 4 heteroatoms. The number of nitrogens with zero attached hydrogens (tertiary/aromatic N) is 2. The summed E-state index contributed by atoms with van der Waals surface area (Å²) < 4.78 is 0. The van der Waals surface area contributed by atoms with E-state index in [1.54, 1.807) is 12.4 Å². The van der Waals surface area contributed by atoms with Crippen LogP contribution in [0.1, 0.15) is 13.8 Å². The van der Waals surface area contributed by atoms with Gasteiger partial charge in [0.15, 0.2) is 0 Å². The van der Waals surface area contributed by atoms with Crippen LogP contribution in [0.3, 0.4) is 0 Å². The molecule has 14 heavy (non-hydrogen) atoms. The van der Waals surface area contributed by atoms with Crippen molar-refractivity contribution >= 4 is 17.3 Å². The highest BCUT2D eigenvalue weighted by molar-refractivity contribution is 6.33. The molecule has 0 aliphatic rings. The Morgan fingerprint density at radius 3 is 2.71 bits per heavy atom. The van der Waals surface area contributed by atoms with Gasteiger partial charge in [-0.25, -0.2) is 0 Å². The number of rotatable bonds is 3. The highest BCUT2D eigenvalue weighted by Gasteiger charge is 2.23. The summed E-state index contributed by atoms with van der Waals surface area (Å²) in [6, 6.07) is 1.83. The molecule has 78 valence electrons. The van der Waals surface area contributed by atoms with Crippen molar-refractivity contribution in [2.24, 2.45) is 0 Å². The van der Waals surface area contributed by atoms with Crippen LogP contribution in [0.15, 0.2) is 18.5 Å². The molecule has 1 rings (SSSR count). The summed E-state index contributed by atoms with van der Waals surface area (Å²) in [5, 5.41) is 9.81. The number of likely N-dealkylation sites (N-methyl/N-ethyl adjacent to an activating group) is 1. The van der Waals surface area contributed by atoms with Crippen LogP contribution >= 0.6 is 11.6 Å². The minimum absolute atomic E-state index is 0.0716. The summed E-state index contributed by atoms with van der Waals surface area (Å²) in [7, 11) is 1.90. The Morgan fingerprint density at radius 2 is 2.21 bits per heavy atom. The van der Waals surface area contributed by atoms with Crippen molar-refractivity contribution in [3.05, 3.63) is 23.5 Å². The maximum atomic E-state index is 9.22. The number of hydrogen-bond donors (Lipinski definition) is 1. The highest BCUT2D eigenvalue weighted by Crippen LogP contribution is 2.28. The molecule has 0 saturated heterocycles. The zero-order valence-electron chi connectivity index (χ0n) is 8.66. The van der Waals surface area contributed by atoms with Gasteiger partial charge in [-0.3, -0.25) is 4.98 Å². The van der Waals surface area contributed by atoms with Gasteiger partial charge in [0.05, 0.1) is 22.9 Å². The van der Waals surface area contributed by atoms with Gasteiger partial charge in [0, 0.05) is 19.4 Å². The molecule has 0 atom stereocenters. The lowest BCUT2D eigenvalue weighted by atomic mass is 10.0. The minimum atomic E-state index is -0.328. The lowest BCUT2D eigenvalue weighted by Gasteiger charge is -2.36. The van der Waals surface area contributed by atoms with E-state index in [4.69, 9.17) is 11.6 Å². The molecule has 0 spiro atoms. The quantitative estimate of drug-likeness (QED) is 0.836. The van der Waals surface area contributed by atoms with E-state index in [0.29, 0.717) is 5.02 Å². The van der Waals surface area contributed by atoms with Gasteiger partial charge in [0.2, 0.25) is 0 Å². The van der Waals surface area contributed by atoms with Crippen molar-refractivity contribution in [3.63, 3.8) is 0 Å². The van der Waals surface area contributed by atoms with E-state index in [1.165, 1.54) is 0 Å². The second-order valence-electron chi connectivity index (χ2n) is 3.86. The molecule has 0 amide bonds. The number of pyridine rings is 1. The van der Waals surface area contributed by atoms with Gasteiger partial charge >= 0.3 is 0 Å². The molecule has 1 aromatic rings. The first-order valence-electron chi connectivity index (χ1n) is 4.43. The lowest BCUT2D eigenvalue weighted by Crippen LogP contribution is -2.44. The first-order chi connectivity index (χ1) is 6.49. The maximum Gasteiger partial charge on any atom is 0.0822 e. The van der Waals surface area contributed by atoms with Crippen LogP contribution in [0, 0.1) is 0 Å². The van der Waals surface area contributed by atoms with Crippen LogP contribution in [0.2, 0.25) is 5.02 Å². The summed E-state index contributed by atoms with van der Waals surface area (Å²) in [5.41, 5.74) is 0.547. The largest absolute Gasteiger partial charge is 0.394 e. The second-order valence-corrected chi connectivity index (χ2v) is 4.26. The van der Waals surface area contributed by atoms with Gasteiger partial charge in [-0.1, -0.05) is 11.6 Å². The third-order valence-corrected chi connectivity index (χ3v) is 2.70. The van der Waals surface area contributed by atoms with Crippen molar-refractivity contribution in [2.75, 3.05) is 18.6 Å². The van der Waals surface area contributed by atoms with Gasteiger partial charge in [-0.05, 0) is 19.9 Å². The van der Waals surface area contributed by atoms with Crippen molar-refractivity contribution in [3.8, 4) is 0 Å². The molecule has 0 aliphatic heterocycles. The molecule has 0 aliphatic carbocycles.